The molecule has 1 aliphatic rings. The van der Waals surface area contributed by atoms with Gasteiger partial charge >= 0.3 is 0 Å². The molecule has 0 saturated heterocycles. The van der Waals surface area contributed by atoms with Gasteiger partial charge in [-0.15, -0.1) is 0 Å². The fourth-order valence-electron chi connectivity index (χ4n) is 0.434. The Morgan fingerprint density at radius 1 is 1.62 bits per heavy atom. The summed E-state index contributed by atoms with van der Waals surface area (Å²) >= 11 is 0. The van der Waals surface area contributed by atoms with Crippen LogP contribution >= 0.6 is 0 Å². The Balaban J connectivity index is 2.59. The third-order valence-corrected chi connectivity index (χ3v) is 0.840. The Hall–Kier alpha value is -1.32. The molecule has 2 N–H and O–H groups in total. The van der Waals surface area contributed by atoms with Crippen LogP contribution in [0.5, 0.6) is 0 Å². The van der Waals surface area contributed by atoms with Crippen LogP contribution in [0.3, 0.4) is 0 Å². The monoisotopic (exact) mass is 112 g/mol. The van der Waals surface area contributed by atoms with Crippen LogP contribution in [0, 0.1) is 10.1 Å². The largest absolute Gasteiger partial charge is 0.398 e. The number of allylic oxidation sites excluding steroid dienone is 2. The molecule has 0 aliphatic heterocycles. The summed E-state index contributed by atoms with van der Waals surface area (Å²) in [5, 5.41) is 9.76. The Kier molecular flexibility index (Phi) is 0.802. The fraction of sp³-hybridized carbons (Fsp3) is 0. The van der Waals surface area contributed by atoms with Crippen molar-refractivity contribution >= 4 is 0 Å². The zero-order chi connectivity index (χ0) is 6.15. The zero-order valence-corrected chi connectivity index (χ0v) is 4.00. The maximum absolute atomic E-state index is 9.76. The average molecular weight is 112 g/mol. The van der Waals surface area contributed by atoms with Crippen LogP contribution in [0.15, 0.2) is 23.5 Å². The SMILES string of the molecule is NC1=CC([N+](=O)[O-])=C1. The molecule has 0 aromatic carbocycles. The van der Waals surface area contributed by atoms with Gasteiger partial charge in [-0.3, -0.25) is 10.1 Å². The van der Waals surface area contributed by atoms with E-state index in [2.05, 4.69) is 0 Å². The topological polar surface area (TPSA) is 69.2 Å². The molecule has 0 amide bonds. The van der Waals surface area contributed by atoms with Crippen molar-refractivity contribution in [2.24, 2.45) is 5.73 Å². The zero-order valence-electron chi connectivity index (χ0n) is 4.00. The van der Waals surface area contributed by atoms with Crippen LogP contribution in [-0.4, -0.2) is 4.92 Å². The van der Waals surface area contributed by atoms with E-state index in [1.807, 2.05) is 0 Å². The molecule has 0 fully saturated rings. The van der Waals surface area contributed by atoms with E-state index in [1.54, 1.807) is 0 Å². The van der Waals surface area contributed by atoms with Crippen molar-refractivity contribution in [2.75, 3.05) is 0 Å². The van der Waals surface area contributed by atoms with Crippen LogP contribution in [0.25, 0.3) is 0 Å². The number of nitrogens with zero attached hydrogens (tertiary/aromatic N) is 1. The second-order valence-electron chi connectivity index (χ2n) is 1.47. The molecule has 0 spiro atoms. The third kappa shape index (κ3) is 0.556. The molecule has 0 heterocycles. The summed E-state index contributed by atoms with van der Waals surface area (Å²) in [4.78, 5) is 9.29. The lowest BCUT2D eigenvalue weighted by Crippen LogP contribution is -2.09. The first kappa shape index (κ1) is 4.83. The van der Waals surface area contributed by atoms with Gasteiger partial charge in [-0.1, -0.05) is 0 Å². The molecule has 0 radical (unpaired) electrons. The van der Waals surface area contributed by atoms with Gasteiger partial charge in [0.25, 0.3) is 5.70 Å². The lowest BCUT2D eigenvalue weighted by molar-refractivity contribution is -0.420. The lowest BCUT2D eigenvalue weighted by Gasteiger charge is -2.00. The highest BCUT2D eigenvalue weighted by molar-refractivity contribution is 5.37. The molecule has 4 nitrogen and oxygen atoms in total. The molecule has 0 aromatic heterocycles. The molecular weight excluding hydrogens is 108 g/mol. The van der Waals surface area contributed by atoms with Crippen molar-refractivity contribution in [3.8, 4) is 0 Å². The van der Waals surface area contributed by atoms with E-state index < -0.39 is 4.92 Å². The normalized spacial score (nSPS) is 16.0. The van der Waals surface area contributed by atoms with Gasteiger partial charge in [0, 0.05) is 17.8 Å². The first-order chi connectivity index (χ1) is 3.70. The molecule has 42 valence electrons. The van der Waals surface area contributed by atoms with E-state index in [4.69, 9.17) is 5.73 Å². The lowest BCUT2D eigenvalue weighted by atomic mass is 10.2. The van der Waals surface area contributed by atoms with Gasteiger partial charge in [0.05, 0.1) is 4.92 Å². The third-order valence-electron chi connectivity index (χ3n) is 0.840. The number of rotatable bonds is 1. The molecule has 8 heavy (non-hydrogen) atoms. The van der Waals surface area contributed by atoms with Gasteiger partial charge < -0.3 is 5.73 Å². The molecule has 4 heteroatoms. The maximum Gasteiger partial charge on any atom is 0.273 e. The summed E-state index contributed by atoms with van der Waals surface area (Å²) in [5.41, 5.74) is 5.64. The van der Waals surface area contributed by atoms with E-state index in [0.29, 0.717) is 5.70 Å². The summed E-state index contributed by atoms with van der Waals surface area (Å²) < 4.78 is 0. The maximum atomic E-state index is 9.76. The molecule has 1 rings (SSSR count). The molecule has 0 aromatic rings. The smallest absolute Gasteiger partial charge is 0.273 e. The number of nitrogens with two attached hydrogens (primary N) is 1. The van der Waals surface area contributed by atoms with Crippen LogP contribution < -0.4 is 5.73 Å². The first-order valence-electron chi connectivity index (χ1n) is 2.03. The van der Waals surface area contributed by atoms with Crippen molar-refractivity contribution in [1.29, 1.82) is 0 Å². The second kappa shape index (κ2) is 1.33. The number of hydrogen-bond donors (Lipinski definition) is 1. The van der Waals surface area contributed by atoms with Crippen LogP contribution in [0.2, 0.25) is 0 Å². The second-order valence-corrected chi connectivity index (χ2v) is 1.47. The van der Waals surface area contributed by atoms with E-state index >= 15 is 0 Å². The van der Waals surface area contributed by atoms with Gasteiger partial charge in [-0.2, -0.15) is 0 Å². The molecule has 0 unspecified atom stereocenters. The summed E-state index contributed by atoms with van der Waals surface area (Å²) in [6, 6.07) is 0. The van der Waals surface area contributed by atoms with Crippen LogP contribution in [0.4, 0.5) is 0 Å². The van der Waals surface area contributed by atoms with Gasteiger partial charge in [-0.25, -0.2) is 0 Å². The number of nitro groups is 1. The highest BCUT2D eigenvalue weighted by atomic mass is 16.6. The summed E-state index contributed by atoms with van der Waals surface area (Å²) in [6.45, 7) is 0. The quantitative estimate of drug-likeness (QED) is 0.383. The average Bonchev–Trinajstić information content (AvgIpc) is 1.57. The van der Waals surface area contributed by atoms with Crippen molar-refractivity contribution in [3.63, 3.8) is 0 Å². The van der Waals surface area contributed by atoms with Crippen molar-refractivity contribution in [1.82, 2.24) is 0 Å². The molecule has 0 saturated carbocycles. The van der Waals surface area contributed by atoms with Crippen molar-refractivity contribution in [3.05, 3.63) is 33.7 Å². The molecular formula is C4H4N2O2. The fourth-order valence-corrected chi connectivity index (χ4v) is 0.434. The van der Waals surface area contributed by atoms with E-state index in [0.717, 1.165) is 0 Å². The van der Waals surface area contributed by atoms with Crippen LogP contribution in [0.1, 0.15) is 0 Å². The highest BCUT2D eigenvalue weighted by Gasteiger charge is 2.14. The Bertz CT molecular complexity index is 192. The Morgan fingerprint density at radius 2 is 2.12 bits per heavy atom. The molecule has 0 atom stereocenters. The van der Waals surface area contributed by atoms with E-state index in [-0.39, 0.29) is 5.70 Å². The van der Waals surface area contributed by atoms with Gasteiger partial charge in [0.15, 0.2) is 0 Å². The molecule has 1 aliphatic carbocycles. The van der Waals surface area contributed by atoms with Gasteiger partial charge in [0.2, 0.25) is 0 Å². The van der Waals surface area contributed by atoms with Gasteiger partial charge in [-0.05, 0) is 0 Å². The minimum Gasteiger partial charge on any atom is -0.398 e. The minimum atomic E-state index is -0.476. The highest BCUT2D eigenvalue weighted by Crippen LogP contribution is 2.11. The minimum absolute atomic E-state index is 0.0856. The van der Waals surface area contributed by atoms with E-state index in [9.17, 15) is 10.1 Å². The predicted octanol–water partition coefficient (Wildman–Crippen LogP) is 0.00320. The predicted molar refractivity (Wildman–Crippen MR) is 27.3 cm³/mol. The Morgan fingerprint density at radius 3 is 2.25 bits per heavy atom. The molecule has 0 bridgehead atoms. The van der Waals surface area contributed by atoms with Crippen molar-refractivity contribution in [2.45, 2.75) is 0 Å². The van der Waals surface area contributed by atoms with Crippen molar-refractivity contribution < 1.29 is 4.92 Å². The standard InChI is InChI=1S/C4H4N2O2/c5-3-1-4(2-3)6(7)8/h1-2H,5H2. The van der Waals surface area contributed by atoms with Gasteiger partial charge in [0.1, 0.15) is 0 Å². The van der Waals surface area contributed by atoms with Crippen LogP contribution in [-0.2, 0) is 0 Å². The summed E-state index contributed by atoms with van der Waals surface area (Å²) in [5.74, 6) is 0. The summed E-state index contributed by atoms with van der Waals surface area (Å²) in [7, 11) is 0. The first-order valence-corrected chi connectivity index (χ1v) is 2.03. The Labute approximate surface area is 45.4 Å². The van der Waals surface area contributed by atoms with E-state index in [1.165, 1.54) is 12.2 Å². The number of hydrogen-bond acceptors (Lipinski definition) is 3. The summed E-state index contributed by atoms with van der Waals surface area (Å²) in [6.07, 6.45) is 2.64.